The molecule has 2 saturated heterocycles. The summed E-state index contributed by atoms with van der Waals surface area (Å²) in [6.07, 6.45) is 5.82. The number of nitrogens with zero attached hydrogens (tertiary/aromatic N) is 5. The molecule has 3 aromatic rings. The fourth-order valence-corrected chi connectivity index (χ4v) is 5.19. The van der Waals surface area contributed by atoms with Crippen LogP contribution in [0.3, 0.4) is 0 Å². The highest BCUT2D eigenvalue weighted by atomic mass is 35.5. The number of amides is 1. The van der Waals surface area contributed by atoms with Gasteiger partial charge in [-0.3, -0.25) is 4.79 Å². The molecule has 4 heterocycles. The normalized spacial score (nSPS) is 19.7. The Morgan fingerprint density at radius 2 is 1.93 bits per heavy atom. The highest BCUT2D eigenvalue weighted by Crippen LogP contribution is 2.37. The smallest absolute Gasteiger partial charge is 0.276 e. The van der Waals surface area contributed by atoms with Gasteiger partial charge in [-0.2, -0.15) is 0 Å². The van der Waals surface area contributed by atoms with Gasteiger partial charge in [0.2, 0.25) is 0 Å². The monoisotopic (exact) mass is 454 g/mol. The Hall–Kier alpha value is -1.74. The molecular weight excluding hydrogens is 431 g/mol. The molecule has 2 aromatic heterocycles. The van der Waals surface area contributed by atoms with Crippen LogP contribution in [0.15, 0.2) is 30.5 Å². The minimum atomic E-state index is -0.0306. The van der Waals surface area contributed by atoms with Gasteiger partial charge in [0.25, 0.3) is 5.91 Å². The standard InChI is InChI=1S/C19H22N6OS.2ClH/c26-19(15-12-25(23-22-15)13-7-9-20-10-8-13)24-11-3-5-16(24)18-21-14-4-1-2-6-17(14)27-18;;/h1-2,4,6,12-13,16,20H,3,5,7-11H2;2*1H. The number of para-hydroxylation sites is 1. The first kappa shape index (κ1) is 22.0. The summed E-state index contributed by atoms with van der Waals surface area (Å²) in [6.45, 7) is 2.72. The summed E-state index contributed by atoms with van der Waals surface area (Å²) >= 11 is 1.69. The van der Waals surface area contributed by atoms with Gasteiger partial charge >= 0.3 is 0 Å². The Bertz CT molecular complexity index is 937. The lowest BCUT2D eigenvalue weighted by Gasteiger charge is -2.22. The van der Waals surface area contributed by atoms with E-state index in [2.05, 4.69) is 21.7 Å². The fraction of sp³-hybridized carbons (Fsp3) is 0.474. The van der Waals surface area contributed by atoms with Crippen molar-refractivity contribution in [1.82, 2.24) is 30.2 Å². The molecule has 7 nitrogen and oxygen atoms in total. The first-order valence-corrected chi connectivity index (χ1v) is 10.4. The number of halogens is 2. The maximum absolute atomic E-state index is 13.1. The number of rotatable bonds is 3. The third kappa shape index (κ3) is 4.26. The minimum absolute atomic E-state index is 0. The average Bonchev–Trinajstić information content (AvgIpc) is 3.46. The topological polar surface area (TPSA) is 75.9 Å². The van der Waals surface area contributed by atoms with Gasteiger partial charge in [-0.15, -0.1) is 41.2 Å². The van der Waals surface area contributed by atoms with E-state index in [4.69, 9.17) is 4.98 Å². The highest BCUT2D eigenvalue weighted by Gasteiger charge is 2.34. The minimum Gasteiger partial charge on any atom is -0.328 e. The predicted octanol–water partition coefficient (Wildman–Crippen LogP) is 3.63. The molecule has 0 spiro atoms. The second-order valence-electron chi connectivity index (χ2n) is 7.24. The number of carbonyl (C=O) groups excluding carboxylic acids is 1. The number of carbonyl (C=O) groups is 1. The van der Waals surface area contributed by atoms with E-state index >= 15 is 0 Å². The first-order valence-electron chi connectivity index (χ1n) is 9.58. The van der Waals surface area contributed by atoms with Crippen molar-refractivity contribution in [1.29, 1.82) is 0 Å². The summed E-state index contributed by atoms with van der Waals surface area (Å²) < 4.78 is 3.04. The van der Waals surface area contributed by atoms with Crippen molar-refractivity contribution in [2.45, 2.75) is 37.8 Å². The van der Waals surface area contributed by atoms with Crippen molar-refractivity contribution in [2.24, 2.45) is 0 Å². The Labute approximate surface area is 185 Å². The largest absolute Gasteiger partial charge is 0.328 e. The third-order valence-corrected chi connectivity index (χ3v) is 6.66. The fourth-order valence-electron chi connectivity index (χ4n) is 4.07. The molecule has 1 atom stereocenters. The lowest BCUT2D eigenvalue weighted by atomic mass is 10.1. The third-order valence-electron chi connectivity index (χ3n) is 5.52. The Kier molecular flexibility index (Phi) is 7.10. The summed E-state index contributed by atoms with van der Waals surface area (Å²) in [7, 11) is 0. The number of nitrogens with one attached hydrogen (secondary N) is 1. The van der Waals surface area contributed by atoms with Crippen LogP contribution in [0.5, 0.6) is 0 Å². The van der Waals surface area contributed by atoms with Gasteiger partial charge in [-0.1, -0.05) is 17.3 Å². The number of aromatic nitrogens is 4. The summed E-state index contributed by atoms with van der Waals surface area (Å²) in [5, 5.41) is 12.8. The highest BCUT2D eigenvalue weighted by molar-refractivity contribution is 7.18. The molecule has 29 heavy (non-hydrogen) atoms. The van der Waals surface area contributed by atoms with Gasteiger partial charge in [0.1, 0.15) is 5.01 Å². The van der Waals surface area contributed by atoms with Crippen molar-refractivity contribution >= 4 is 52.3 Å². The van der Waals surface area contributed by atoms with E-state index in [0.717, 1.165) is 55.8 Å². The molecule has 0 aliphatic carbocycles. The van der Waals surface area contributed by atoms with E-state index in [-0.39, 0.29) is 36.8 Å². The van der Waals surface area contributed by atoms with Crippen LogP contribution in [0.1, 0.15) is 53.3 Å². The summed E-state index contributed by atoms with van der Waals surface area (Å²) in [5.41, 5.74) is 1.45. The molecule has 156 valence electrons. The van der Waals surface area contributed by atoms with Crippen LogP contribution in [0, 0.1) is 0 Å². The molecule has 10 heteroatoms. The molecule has 2 aliphatic heterocycles. The van der Waals surface area contributed by atoms with Gasteiger partial charge in [0.05, 0.1) is 28.5 Å². The number of likely N-dealkylation sites (tertiary alicyclic amines) is 1. The number of thiazole rings is 1. The van der Waals surface area contributed by atoms with E-state index in [1.165, 1.54) is 4.70 Å². The maximum atomic E-state index is 13.1. The van der Waals surface area contributed by atoms with Crippen LogP contribution >= 0.6 is 36.2 Å². The number of hydrogen-bond donors (Lipinski definition) is 1. The van der Waals surface area contributed by atoms with Crippen molar-refractivity contribution in [2.75, 3.05) is 19.6 Å². The molecule has 1 aromatic carbocycles. The second-order valence-corrected chi connectivity index (χ2v) is 8.30. The van der Waals surface area contributed by atoms with Gasteiger partial charge in [-0.25, -0.2) is 9.67 Å². The molecule has 1 unspecified atom stereocenters. The average molecular weight is 455 g/mol. The van der Waals surface area contributed by atoms with E-state index in [0.29, 0.717) is 11.7 Å². The molecule has 1 amide bonds. The zero-order chi connectivity index (χ0) is 18.2. The van der Waals surface area contributed by atoms with Crippen molar-refractivity contribution in [3.05, 3.63) is 41.2 Å². The molecule has 0 bridgehead atoms. The van der Waals surface area contributed by atoms with E-state index < -0.39 is 0 Å². The maximum Gasteiger partial charge on any atom is 0.276 e. The van der Waals surface area contributed by atoms with Crippen molar-refractivity contribution < 1.29 is 4.79 Å². The van der Waals surface area contributed by atoms with Crippen LogP contribution in [0.4, 0.5) is 0 Å². The SMILES string of the molecule is Cl.Cl.O=C(c1cn(C2CCNCC2)nn1)N1CCCC1c1nc2ccccc2s1. The lowest BCUT2D eigenvalue weighted by Crippen LogP contribution is -2.31. The van der Waals surface area contributed by atoms with Crippen molar-refractivity contribution in [3.8, 4) is 0 Å². The number of piperidine rings is 1. The van der Waals surface area contributed by atoms with E-state index in [1.54, 1.807) is 11.3 Å². The van der Waals surface area contributed by atoms with Gasteiger partial charge < -0.3 is 10.2 Å². The molecule has 5 rings (SSSR count). The van der Waals surface area contributed by atoms with Gasteiger partial charge in [0.15, 0.2) is 5.69 Å². The first-order chi connectivity index (χ1) is 13.3. The quantitative estimate of drug-likeness (QED) is 0.653. The van der Waals surface area contributed by atoms with Gasteiger partial charge in [0, 0.05) is 6.54 Å². The van der Waals surface area contributed by atoms with Gasteiger partial charge in [-0.05, 0) is 50.9 Å². The Morgan fingerprint density at radius 3 is 2.72 bits per heavy atom. The molecule has 0 radical (unpaired) electrons. The van der Waals surface area contributed by atoms with Crippen LogP contribution in [0.2, 0.25) is 0 Å². The Morgan fingerprint density at radius 1 is 1.14 bits per heavy atom. The van der Waals surface area contributed by atoms with E-state index in [9.17, 15) is 4.79 Å². The molecule has 2 fully saturated rings. The van der Waals surface area contributed by atoms with Crippen LogP contribution in [0.25, 0.3) is 10.2 Å². The van der Waals surface area contributed by atoms with Crippen LogP contribution in [-0.2, 0) is 0 Å². The second kappa shape index (κ2) is 9.38. The zero-order valence-corrected chi connectivity index (χ0v) is 18.3. The van der Waals surface area contributed by atoms with Crippen LogP contribution < -0.4 is 5.32 Å². The number of hydrogen-bond acceptors (Lipinski definition) is 6. The van der Waals surface area contributed by atoms with Crippen molar-refractivity contribution in [3.63, 3.8) is 0 Å². The summed E-state index contributed by atoms with van der Waals surface area (Å²) in [5.74, 6) is -0.0306. The number of fused-ring (bicyclic) bond motifs is 1. The molecule has 1 N–H and O–H groups in total. The van der Waals surface area contributed by atoms with E-state index in [1.807, 2.05) is 34.0 Å². The van der Waals surface area contributed by atoms with Crippen LogP contribution in [-0.4, -0.2) is 50.4 Å². The number of benzene rings is 1. The lowest BCUT2D eigenvalue weighted by molar-refractivity contribution is 0.0729. The summed E-state index contributed by atoms with van der Waals surface area (Å²) in [6, 6.07) is 8.52. The summed E-state index contributed by atoms with van der Waals surface area (Å²) in [4.78, 5) is 19.8. The Balaban J connectivity index is 0.00000120. The molecule has 2 aliphatic rings. The molecule has 0 saturated carbocycles. The zero-order valence-electron chi connectivity index (χ0n) is 15.9. The molecular formula is C19H24Cl2N6OS. The predicted molar refractivity (Wildman–Crippen MR) is 118 cm³/mol.